The summed E-state index contributed by atoms with van der Waals surface area (Å²) in [7, 11) is 0. The van der Waals surface area contributed by atoms with Crippen LogP contribution in [-0.2, 0) is 13.0 Å². The van der Waals surface area contributed by atoms with Crippen LogP contribution >= 0.6 is 0 Å². The zero-order valence-electron chi connectivity index (χ0n) is 11.0. The van der Waals surface area contributed by atoms with Gasteiger partial charge in [-0.05, 0) is 43.1 Å². The SMILES string of the molecule is Cc1cc(C(=O)O)c2c(c1)c(CCN)cn2CCN. The first-order valence-electron chi connectivity index (χ1n) is 6.34. The number of carbonyl (C=O) groups is 1. The molecule has 1 aromatic carbocycles. The number of hydrogen-bond acceptors (Lipinski definition) is 3. The van der Waals surface area contributed by atoms with E-state index >= 15 is 0 Å². The molecule has 0 spiro atoms. The molecule has 0 saturated carbocycles. The number of rotatable bonds is 5. The molecule has 0 amide bonds. The first-order valence-corrected chi connectivity index (χ1v) is 6.34. The number of benzene rings is 1. The summed E-state index contributed by atoms with van der Waals surface area (Å²) in [5.41, 5.74) is 14.3. The Hall–Kier alpha value is -1.85. The monoisotopic (exact) mass is 261 g/mol. The first-order chi connectivity index (χ1) is 9.08. The number of aromatic carboxylic acids is 1. The van der Waals surface area contributed by atoms with Crippen LogP contribution in [0.5, 0.6) is 0 Å². The highest BCUT2D eigenvalue weighted by Gasteiger charge is 2.16. The molecular formula is C14H19N3O2. The van der Waals surface area contributed by atoms with Crippen LogP contribution in [0.3, 0.4) is 0 Å². The highest BCUT2D eigenvalue weighted by atomic mass is 16.4. The minimum absolute atomic E-state index is 0.326. The second kappa shape index (κ2) is 5.42. The van der Waals surface area contributed by atoms with Gasteiger partial charge in [0.25, 0.3) is 0 Å². The molecule has 5 N–H and O–H groups in total. The van der Waals surface area contributed by atoms with Gasteiger partial charge in [0.15, 0.2) is 0 Å². The Morgan fingerprint density at radius 1 is 1.32 bits per heavy atom. The van der Waals surface area contributed by atoms with Gasteiger partial charge in [0.05, 0.1) is 11.1 Å². The Morgan fingerprint density at radius 2 is 2.05 bits per heavy atom. The summed E-state index contributed by atoms with van der Waals surface area (Å²) >= 11 is 0. The van der Waals surface area contributed by atoms with E-state index in [1.807, 2.05) is 23.8 Å². The number of hydrogen-bond donors (Lipinski definition) is 3. The number of aromatic nitrogens is 1. The van der Waals surface area contributed by atoms with Crippen molar-refractivity contribution in [2.45, 2.75) is 19.9 Å². The number of fused-ring (bicyclic) bond motifs is 1. The summed E-state index contributed by atoms with van der Waals surface area (Å²) in [4.78, 5) is 11.4. The molecule has 102 valence electrons. The molecule has 0 aliphatic carbocycles. The van der Waals surface area contributed by atoms with Crippen molar-refractivity contribution in [2.75, 3.05) is 13.1 Å². The van der Waals surface area contributed by atoms with Crippen molar-refractivity contribution in [3.05, 3.63) is 35.0 Å². The zero-order chi connectivity index (χ0) is 14.0. The van der Waals surface area contributed by atoms with Crippen molar-refractivity contribution in [3.8, 4) is 0 Å². The van der Waals surface area contributed by atoms with E-state index in [0.717, 1.165) is 28.5 Å². The van der Waals surface area contributed by atoms with E-state index in [0.29, 0.717) is 25.2 Å². The quantitative estimate of drug-likeness (QED) is 0.751. The zero-order valence-corrected chi connectivity index (χ0v) is 11.0. The molecule has 0 saturated heterocycles. The minimum Gasteiger partial charge on any atom is -0.478 e. The molecule has 0 bridgehead atoms. The summed E-state index contributed by atoms with van der Waals surface area (Å²) in [5, 5.41) is 10.3. The van der Waals surface area contributed by atoms with Crippen LogP contribution in [0.15, 0.2) is 18.3 Å². The lowest BCUT2D eigenvalue weighted by Crippen LogP contribution is -2.10. The van der Waals surface area contributed by atoms with Crippen molar-refractivity contribution < 1.29 is 9.90 Å². The van der Waals surface area contributed by atoms with Crippen LogP contribution in [0, 0.1) is 6.92 Å². The highest BCUT2D eigenvalue weighted by Crippen LogP contribution is 2.27. The van der Waals surface area contributed by atoms with Gasteiger partial charge in [-0.2, -0.15) is 0 Å². The maximum absolute atomic E-state index is 11.4. The summed E-state index contributed by atoms with van der Waals surface area (Å²) in [6.07, 6.45) is 2.70. The summed E-state index contributed by atoms with van der Waals surface area (Å²) in [6.45, 7) is 3.51. The minimum atomic E-state index is -0.913. The fourth-order valence-corrected chi connectivity index (χ4v) is 2.49. The van der Waals surface area contributed by atoms with Gasteiger partial charge >= 0.3 is 5.97 Å². The molecule has 2 aromatic rings. The summed E-state index contributed by atoms with van der Waals surface area (Å²) in [5.74, 6) is -0.913. The van der Waals surface area contributed by atoms with Crippen molar-refractivity contribution >= 4 is 16.9 Å². The Balaban J connectivity index is 2.77. The third kappa shape index (κ3) is 2.47. The second-order valence-corrected chi connectivity index (χ2v) is 4.69. The molecule has 5 heteroatoms. The maximum Gasteiger partial charge on any atom is 0.337 e. The molecule has 0 unspecified atom stereocenters. The molecule has 5 nitrogen and oxygen atoms in total. The Bertz CT molecular complexity index is 617. The van der Waals surface area contributed by atoms with Crippen LogP contribution in [0.4, 0.5) is 0 Å². The fourth-order valence-electron chi connectivity index (χ4n) is 2.49. The van der Waals surface area contributed by atoms with Crippen molar-refractivity contribution in [1.29, 1.82) is 0 Å². The number of aryl methyl sites for hydroxylation is 1. The molecule has 0 radical (unpaired) electrons. The van der Waals surface area contributed by atoms with E-state index in [2.05, 4.69) is 0 Å². The predicted octanol–water partition coefficient (Wildman–Crippen LogP) is 1.11. The molecule has 2 rings (SSSR count). The summed E-state index contributed by atoms with van der Waals surface area (Å²) < 4.78 is 1.92. The topological polar surface area (TPSA) is 94.3 Å². The highest BCUT2D eigenvalue weighted by molar-refractivity contribution is 6.03. The van der Waals surface area contributed by atoms with Gasteiger partial charge in [0.1, 0.15) is 0 Å². The smallest absolute Gasteiger partial charge is 0.337 e. The summed E-state index contributed by atoms with van der Waals surface area (Å²) in [6, 6.07) is 3.71. The molecule has 1 aromatic heterocycles. The lowest BCUT2D eigenvalue weighted by atomic mass is 10.0. The maximum atomic E-state index is 11.4. The van der Waals surface area contributed by atoms with Crippen LogP contribution in [0.2, 0.25) is 0 Å². The van der Waals surface area contributed by atoms with Crippen LogP contribution in [0.1, 0.15) is 21.5 Å². The Morgan fingerprint density at radius 3 is 2.63 bits per heavy atom. The molecular weight excluding hydrogens is 242 g/mol. The average Bonchev–Trinajstić information content (AvgIpc) is 2.68. The van der Waals surface area contributed by atoms with E-state index in [1.165, 1.54) is 0 Å². The fraction of sp³-hybridized carbons (Fsp3) is 0.357. The lowest BCUT2D eigenvalue weighted by Gasteiger charge is -2.07. The third-order valence-corrected chi connectivity index (χ3v) is 3.21. The molecule has 0 aliphatic rings. The third-order valence-electron chi connectivity index (χ3n) is 3.21. The van der Waals surface area contributed by atoms with Crippen LogP contribution in [0.25, 0.3) is 10.9 Å². The molecule has 1 heterocycles. The lowest BCUT2D eigenvalue weighted by molar-refractivity contribution is 0.0698. The standard InChI is InChI=1S/C14H19N3O2/c1-9-6-11-10(2-3-15)8-17(5-4-16)13(11)12(7-9)14(18)19/h6-8H,2-5,15-16H2,1H3,(H,18,19). The van der Waals surface area contributed by atoms with Gasteiger partial charge in [-0.15, -0.1) is 0 Å². The van der Waals surface area contributed by atoms with Gasteiger partial charge in [0.2, 0.25) is 0 Å². The van der Waals surface area contributed by atoms with E-state index in [4.69, 9.17) is 11.5 Å². The molecule has 0 fully saturated rings. The van der Waals surface area contributed by atoms with Gasteiger partial charge in [-0.1, -0.05) is 0 Å². The van der Waals surface area contributed by atoms with Gasteiger partial charge in [-0.25, -0.2) is 4.79 Å². The van der Waals surface area contributed by atoms with Crippen LogP contribution < -0.4 is 11.5 Å². The molecule has 19 heavy (non-hydrogen) atoms. The number of carboxylic acid groups (broad SMARTS) is 1. The van der Waals surface area contributed by atoms with Gasteiger partial charge in [0, 0.05) is 24.7 Å². The second-order valence-electron chi connectivity index (χ2n) is 4.69. The normalized spacial score (nSPS) is 11.1. The number of nitrogens with two attached hydrogens (primary N) is 2. The van der Waals surface area contributed by atoms with E-state index in [1.54, 1.807) is 6.07 Å². The Labute approximate surface area is 111 Å². The first kappa shape index (κ1) is 13.6. The molecule has 0 aliphatic heterocycles. The van der Waals surface area contributed by atoms with E-state index < -0.39 is 5.97 Å². The van der Waals surface area contributed by atoms with E-state index in [9.17, 15) is 9.90 Å². The van der Waals surface area contributed by atoms with Crippen LogP contribution in [-0.4, -0.2) is 28.7 Å². The largest absolute Gasteiger partial charge is 0.478 e. The van der Waals surface area contributed by atoms with Crippen molar-refractivity contribution in [2.24, 2.45) is 11.5 Å². The predicted molar refractivity (Wildman–Crippen MR) is 75.4 cm³/mol. The van der Waals surface area contributed by atoms with Crippen molar-refractivity contribution in [3.63, 3.8) is 0 Å². The Kier molecular flexibility index (Phi) is 3.87. The number of nitrogens with zero attached hydrogens (tertiary/aromatic N) is 1. The van der Waals surface area contributed by atoms with Gasteiger partial charge in [-0.3, -0.25) is 0 Å². The van der Waals surface area contributed by atoms with Gasteiger partial charge < -0.3 is 21.1 Å². The number of carboxylic acids is 1. The molecule has 0 atom stereocenters. The average molecular weight is 261 g/mol. The van der Waals surface area contributed by atoms with E-state index in [-0.39, 0.29) is 0 Å². The van der Waals surface area contributed by atoms with Crippen molar-refractivity contribution in [1.82, 2.24) is 4.57 Å².